The summed E-state index contributed by atoms with van der Waals surface area (Å²) < 4.78 is 1.17. The van der Waals surface area contributed by atoms with E-state index < -0.39 is 5.60 Å². The van der Waals surface area contributed by atoms with Gasteiger partial charge in [-0.15, -0.1) is 11.3 Å². The first kappa shape index (κ1) is 13.2. The molecule has 0 unspecified atom stereocenters. The Hall–Kier alpha value is 0.100. The lowest BCUT2D eigenvalue weighted by Crippen LogP contribution is -2.28. The van der Waals surface area contributed by atoms with Gasteiger partial charge in [-0.3, -0.25) is 0 Å². The molecule has 0 amide bonds. The predicted molar refractivity (Wildman–Crippen MR) is 69.3 cm³/mol. The highest BCUT2D eigenvalue weighted by molar-refractivity contribution is 9.11. The Bertz CT molecular complexity index is 306. The molecule has 0 aliphatic carbocycles. The molecule has 0 saturated heterocycles. The smallest absolute Gasteiger partial charge is 0.0701 e. The number of rotatable bonds is 5. The summed E-state index contributed by atoms with van der Waals surface area (Å²) in [5, 5.41) is 11.8. The Morgan fingerprint density at radius 3 is 2.67 bits per heavy atom. The Kier molecular flexibility index (Phi) is 4.77. The molecule has 0 atom stereocenters. The maximum absolute atomic E-state index is 9.60. The van der Waals surface area contributed by atoms with E-state index in [1.807, 2.05) is 13.8 Å². The van der Waals surface area contributed by atoms with Crippen LogP contribution in [0.5, 0.6) is 0 Å². The van der Waals surface area contributed by atoms with Gasteiger partial charge in [-0.25, -0.2) is 0 Å². The van der Waals surface area contributed by atoms with Crippen LogP contribution in [0.15, 0.2) is 15.2 Å². The summed E-state index contributed by atoms with van der Waals surface area (Å²) in [5.41, 5.74) is 0.758. The van der Waals surface area contributed by atoms with Gasteiger partial charge in [0.15, 0.2) is 0 Å². The van der Waals surface area contributed by atoms with E-state index in [9.17, 15) is 5.11 Å². The van der Waals surface area contributed by atoms with Crippen molar-refractivity contribution in [3.8, 4) is 0 Å². The molecule has 1 aromatic heterocycles. The minimum Gasteiger partial charge on any atom is -0.390 e. The Morgan fingerprint density at radius 2 is 2.20 bits per heavy atom. The Labute approximate surface area is 104 Å². The monoisotopic (exact) mass is 291 g/mol. The second kappa shape index (κ2) is 5.43. The zero-order valence-corrected chi connectivity index (χ0v) is 11.9. The molecule has 0 radical (unpaired) electrons. The normalized spacial score (nSPS) is 12.4. The van der Waals surface area contributed by atoms with Gasteiger partial charge in [0.25, 0.3) is 0 Å². The van der Waals surface area contributed by atoms with E-state index in [4.69, 9.17) is 0 Å². The Morgan fingerprint density at radius 1 is 1.53 bits per heavy atom. The zero-order chi connectivity index (χ0) is 11.5. The van der Waals surface area contributed by atoms with Crippen LogP contribution in [-0.2, 0) is 6.54 Å². The minimum absolute atomic E-state index is 0.566. The third-order valence-electron chi connectivity index (χ3n) is 2.18. The maximum atomic E-state index is 9.60. The van der Waals surface area contributed by atoms with E-state index in [0.29, 0.717) is 0 Å². The van der Waals surface area contributed by atoms with Crippen molar-refractivity contribution in [3.63, 3.8) is 0 Å². The van der Waals surface area contributed by atoms with E-state index in [-0.39, 0.29) is 0 Å². The molecule has 1 N–H and O–H groups in total. The average Bonchev–Trinajstić information content (AvgIpc) is 2.47. The maximum Gasteiger partial charge on any atom is 0.0701 e. The van der Waals surface area contributed by atoms with Crippen molar-refractivity contribution in [3.05, 3.63) is 20.8 Å². The lowest BCUT2D eigenvalue weighted by molar-refractivity contribution is 0.0599. The number of halogens is 1. The van der Waals surface area contributed by atoms with Crippen molar-refractivity contribution in [1.29, 1.82) is 0 Å². The van der Waals surface area contributed by atoms with Crippen molar-refractivity contribution in [2.45, 2.75) is 32.4 Å². The van der Waals surface area contributed by atoms with Crippen LogP contribution in [0, 0.1) is 0 Å². The third-order valence-corrected chi connectivity index (χ3v) is 3.73. The van der Waals surface area contributed by atoms with Gasteiger partial charge < -0.3 is 10.0 Å². The summed E-state index contributed by atoms with van der Waals surface area (Å²) in [7, 11) is 2.08. The summed E-state index contributed by atoms with van der Waals surface area (Å²) in [6, 6.07) is 2.14. The van der Waals surface area contributed by atoms with Crippen LogP contribution in [0.25, 0.3) is 0 Å². The van der Waals surface area contributed by atoms with Crippen molar-refractivity contribution in [2.24, 2.45) is 0 Å². The van der Waals surface area contributed by atoms with Crippen LogP contribution in [0.1, 0.15) is 25.8 Å². The first-order valence-electron chi connectivity index (χ1n) is 5.01. The summed E-state index contributed by atoms with van der Waals surface area (Å²) in [4.78, 5) is 2.23. The lowest BCUT2D eigenvalue weighted by Gasteiger charge is -2.22. The fourth-order valence-corrected chi connectivity index (χ4v) is 2.48. The second-order valence-electron chi connectivity index (χ2n) is 4.56. The molecule has 2 nitrogen and oxygen atoms in total. The molecule has 1 aromatic rings. The summed E-state index contributed by atoms with van der Waals surface area (Å²) >= 11 is 5.16. The fourth-order valence-electron chi connectivity index (χ4n) is 1.28. The van der Waals surface area contributed by atoms with Crippen LogP contribution in [0.2, 0.25) is 0 Å². The molecule has 0 spiro atoms. The molecular weight excluding hydrogens is 274 g/mol. The molecule has 15 heavy (non-hydrogen) atoms. The largest absolute Gasteiger partial charge is 0.390 e. The Balaban J connectivity index is 2.33. The molecule has 0 saturated carbocycles. The quantitative estimate of drug-likeness (QED) is 0.901. The minimum atomic E-state index is -0.566. The van der Waals surface area contributed by atoms with Gasteiger partial charge >= 0.3 is 0 Å². The molecule has 0 aliphatic heterocycles. The highest BCUT2D eigenvalue weighted by Crippen LogP contribution is 2.21. The van der Waals surface area contributed by atoms with Crippen LogP contribution in [0.3, 0.4) is 0 Å². The molecule has 4 heteroatoms. The summed E-state index contributed by atoms with van der Waals surface area (Å²) in [6.45, 7) is 5.55. The van der Waals surface area contributed by atoms with Crippen LogP contribution in [0.4, 0.5) is 0 Å². The number of hydrogen-bond acceptors (Lipinski definition) is 3. The van der Waals surface area contributed by atoms with E-state index in [0.717, 1.165) is 19.5 Å². The highest BCUT2D eigenvalue weighted by Gasteiger charge is 2.13. The third kappa shape index (κ3) is 5.66. The van der Waals surface area contributed by atoms with Gasteiger partial charge in [0.05, 0.1) is 9.39 Å². The van der Waals surface area contributed by atoms with Gasteiger partial charge in [-0.1, -0.05) is 0 Å². The van der Waals surface area contributed by atoms with Crippen molar-refractivity contribution < 1.29 is 5.11 Å². The van der Waals surface area contributed by atoms with E-state index >= 15 is 0 Å². The van der Waals surface area contributed by atoms with Crippen molar-refractivity contribution in [2.75, 3.05) is 13.6 Å². The van der Waals surface area contributed by atoms with Gasteiger partial charge in [-0.2, -0.15) is 0 Å². The van der Waals surface area contributed by atoms with Crippen molar-refractivity contribution in [1.82, 2.24) is 4.90 Å². The summed E-state index contributed by atoms with van der Waals surface area (Å²) in [5.74, 6) is 0. The predicted octanol–water partition coefficient (Wildman–Crippen LogP) is 3.10. The molecule has 86 valence electrons. The number of hydrogen-bond donors (Lipinski definition) is 1. The zero-order valence-electron chi connectivity index (χ0n) is 9.46. The second-order valence-corrected chi connectivity index (χ2v) is 6.85. The standard InChI is InChI=1S/C11H18BrNOS/c1-11(2,14)4-5-13(3)7-9-6-10(12)15-8-9/h6,8,14H,4-5,7H2,1-3H3. The van der Waals surface area contributed by atoms with E-state index in [1.165, 1.54) is 9.35 Å². The van der Waals surface area contributed by atoms with Crippen LogP contribution < -0.4 is 0 Å². The molecular formula is C11H18BrNOS. The number of aliphatic hydroxyl groups is 1. The van der Waals surface area contributed by atoms with Gasteiger partial charge in [0, 0.05) is 13.1 Å². The highest BCUT2D eigenvalue weighted by atomic mass is 79.9. The SMILES string of the molecule is CN(CCC(C)(C)O)Cc1csc(Br)c1. The first-order chi connectivity index (χ1) is 6.87. The van der Waals surface area contributed by atoms with Gasteiger partial charge in [-0.05, 0) is 60.3 Å². The van der Waals surface area contributed by atoms with Gasteiger partial charge in [0.1, 0.15) is 0 Å². The van der Waals surface area contributed by atoms with E-state index in [2.05, 4.69) is 39.3 Å². The van der Waals surface area contributed by atoms with Crippen molar-refractivity contribution >= 4 is 27.3 Å². The summed E-state index contributed by atoms with van der Waals surface area (Å²) in [6.07, 6.45) is 0.800. The van der Waals surface area contributed by atoms with Crippen LogP contribution >= 0.6 is 27.3 Å². The first-order valence-corrected chi connectivity index (χ1v) is 6.68. The average molecular weight is 292 g/mol. The number of thiophene rings is 1. The number of nitrogens with zero attached hydrogens (tertiary/aromatic N) is 1. The molecule has 0 aromatic carbocycles. The molecule has 0 aliphatic rings. The molecule has 0 bridgehead atoms. The fraction of sp³-hybridized carbons (Fsp3) is 0.636. The molecule has 1 rings (SSSR count). The lowest BCUT2D eigenvalue weighted by atomic mass is 10.1. The van der Waals surface area contributed by atoms with Crippen LogP contribution in [-0.4, -0.2) is 29.2 Å². The van der Waals surface area contributed by atoms with Gasteiger partial charge in [0.2, 0.25) is 0 Å². The van der Waals surface area contributed by atoms with E-state index in [1.54, 1.807) is 11.3 Å². The molecule has 1 heterocycles. The molecule has 0 fully saturated rings. The topological polar surface area (TPSA) is 23.5 Å².